The Morgan fingerprint density at radius 2 is 2.18 bits per heavy atom. The van der Waals surface area contributed by atoms with Crippen molar-refractivity contribution < 1.29 is 14.3 Å². The summed E-state index contributed by atoms with van der Waals surface area (Å²) in [7, 11) is 0. The molecule has 0 saturated heterocycles. The normalized spacial score (nSPS) is 12.2. The minimum atomic E-state index is -0.391. The summed E-state index contributed by atoms with van der Waals surface area (Å²) in [5, 5.41) is 15.8. The maximum Gasteiger partial charge on any atom is 0.254 e. The summed E-state index contributed by atoms with van der Waals surface area (Å²) in [6.07, 6.45) is 2.07. The van der Waals surface area contributed by atoms with Crippen molar-refractivity contribution in [1.82, 2.24) is 15.1 Å². The lowest BCUT2D eigenvalue weighted by molar-refractivity contribution is 0.0945. The van der Waals surface area contributed by atoms with E-state index in [2.05, 4.69) is 10.4 Å². The number of nitrogens with zero attached hydrogens (tertiary/aromatic N) is 2. The summed E-state index contributed by atoms with van der Waals surface area (Å²) in [5.41, 5.74) is 1.31. The first-order valence-electron chi connectivity index (χ1n) is 7.23. The maximum absolute atomic E-state index is 13.8. The molecule has 1 aromatic carbocycles. The molecular weight excluding hydrogens is 285 g/mol. The number of rotatable bonds is 6. The first-order chi connectivity index (χ1) is 10.5. The van der Waals surface area contributed by atoms with Gasteiger partial charge in [0.25, 0.3) is 5.91 Å². The SMILES string of the molecule is Cc1c(C(=O)NCC(C)CCO)cnn1-c1ccccc1F. The zero-order chi connectivity index (χ0) is 16.1. The molecule has 0 aliphatic carbocycles. The molecular formula is C16H20FN3O2. The van der Waals surface area contributed by atoms with Crippen LogP contribution >= 0.6 is 0 Å². The van der Waals surface area contributed by atoms with Crippen molar-refractivity contribution in [2.24, 2.45) is 5.92 Å². The molecule has 0 radical (unpaired) electrons. The molecule has 0 aliphatic heterocycles. The first kappa shape index (κ1) is 16.2. The number of aliphatic hydroxyl groups is 1. The second-order valence-corrected chi connectivity index (χ2v) is 5.33. The van der Waals surface area contributed by atoms with Gasteiger partial charge in [0.1, 0.15) is 11.5 Å². The van der Waals surface area contributed by atoms with E-state index in [0.717, 1.165) is 0 Å². The fraction of sp³-hybridized carbons (Fsp3) is 0.375. The average Bonchev–Trinajstić information content (AvgIpc) is 2.87. The lowest BCUT2D eigenvalue weighted by Gasteiger charge is -2.11. The van der Waals surface area contributed by atoms with Gasteiger partial charge in [0.15, 0.2) is 0 Å². The van der Waals surface area contributed by atoms with Crippen LogP contribution in [0, 0.1) is 18.7 Å². The molecule has 1 amide bonds. The highest BCUT2D eigenvalue weighted by atomic mass is 19.1. The standard InChI is InChI=1S/C16H20FN3O2/c1-11(7-8-21)9-18-16(22)13-10-19-20(12(13)2)15-6-4-3-5-14(15)17/h3-6,10-11,21H,7-9H2,1-2H3,(H,18,22). The van der Waals surface area contributed by atoms with Crippen LogP contribution in [0.15, 0.2) is 30.5 Å². The van der Waals surface area contributed by atoms with Gasteiger partial charge in [-0.3, -0.25) is 4.79 Å². The van der Waals surface area contributed by atoms with E-state index in [1.54, 1.807) is 25.1 Å². The lowest BCUT2D eigenvalue weighted by Crippen LogP contribution is -2.29. The Labute approximate surface area is 128 Å². The van der Waals surface area contributed by atoms with Crippen molar-refractivity contribution in [3.63, 3.8) is 0 Å². The van der Waals surface area contributed by atoms with E-state index in [4.69, 9.17) is 5.11 Å². The van der Waals surface area contributed by atoms with Gasteiger partial charge >= 0.3 is 0 Å². The van der Waals surface area contributed by atoms with Crippen LogP contribution < -0.4 is 5.32 Å². The Balaban J connectivity index is 2.14. The molecule has 2 N–H and O–H groups in total. The predicted octanol–water partition coefficient (Wildman–Crippen LogP) is 2.07. The molecule has 1 unspecified atom stereocenters. The molecule has 118 valence electrons. The van der Waals surface area contributed by atoms with Crippen LogP contribution in [0.1, 0.15) is 29.4 Å². The van der Waals surface area contributed by atoms with Crippen molar-refractivity contribution in [3.8, 4) is 5.69 Å². The highest BCUT2D eigenvalue weighted by Gasteiger charge is 2.17. The van der Waals surface area contributed by atoms with Crippen molar-refractivity contribution in [2.75, 3.05) is 13.2 Å². The van der Waals surface area contributed by atoms with E-state index in [9.17, 15) is 9.18 Å². The van der Waals surface area contributed by atoms with Crippen molar-refractivity contribution >= 4 is 5.91 Å². The number of benzene rings is 1. The van der Waals surface area contributed by atoms with Crippen LogP contribution in [-0.4, -0.2) is 33.9 Å². The molecule has 1 aromatic heterocycles. The van der Waals surface area contributed by atoms with Gasteiger partial charge in [-0.15, -0.1) is 0 Å². The largest absolute Gasteiger partial charge is 0.396 e. The Morgan fingerprint density at radius 3 is 2.86 bits per heavy atom. The Hall–Kier alpha value is -2.21. The van der Waals surface area contributed by atoms with Gasteiger partial charge < -0.3 is 10.4 Å². The van der Waals surface area contributed by atoms with Crippen LogP contribution in [0.25, 0.3) is 5.69 Å². The minimum Gasteiger partial charge on any atom is -0.396 e. The fourth-order valence-electron chi connectivity index (χ4n) is 2.18. The molecule has 6 heteroatoms. The van der Waals surface area contributed by atoms with Crippen molar-refractivity contribution in [2.45, 2.75) is 20.3 Å². The van der Waals surface area contributed by atoms with Gasteiger partial charge in [-0.05, 0) is 31.4 Å². The van der Waals surface area contributed by atoms with Crippen molar-refractivity contribution in [3.05, 3.63) is 47.5 Å². The third-order valence-corrected chi connectivity index (χ3v) is 3.57. The second kappa shape index (κ2) is 7.17. The highest BCUT2D eigenvalue weighted by molar-refractivity contribution is 5.95. The van der Waals surface area contributed by atoms with Crippen LogP contribution in [0.4, 0.5) is 4.39 Å². The molecule has 0 aliphatic rings. The summed E-state index contributed by atoms with van der Waals surface area (Å²) < 4.78 is 15.2. The molecule has 2 rings (SSSR count). The molecule has 0 spiro atoms. The zero-order valence-corrected chi connectivity index (χ0v) is 12.7. The quantitative estimate of drug-likeness (QED) is 0.858. The van der Waals surface area contributed by atoms with E-state index < -0.39 is 5.82 Å². The van der Waals surface area contributed by atoms with Crippen LogP contribution in [0.2, 0.25) is 0 Å². The smallest absolute Gasteiger partial charge is 0.254 e. The molecule has 2 aromatic rings. The van der Waals surface area contributed by atoms with Crippen LogP contribution in [-0.2, 0) is 0 Å². The maximum atomic E-state index is 13.8. The molecule has 5 nitrogen and oxygen atoms in total. The minimum absolute atomic E-state index is 0.0985. The van der Waals surface area contributed by atoms with E-state index in [-0.39, 0.29) is 18.4 Å². The average molecular weight is 305 g/mol. The Morgan fingerprint density at radius 1 is 1.45 bits per heavy atom. The number of halogens is 1. The van der Waals surface area contributed by atoms with E-state index in [1.807, 2.05) is 6.92 Å². The topological polar surface area (TPSA) is 67.2 Å². The summed E-state index contributed by atoms with van der Waals surface area (Å²) in [6, 6.07) is 6.29. The van der Waals surface area contributed by atoms with Crippen LogP contribution in [0.5, 0.6) is 0 Å². The van der Waals surface area contributed by atoms with Gasteiger partial charge in [0, 0.05) is 13.2 Å². The summed E-state index contributed by atoms with van der Waals surface area (Å²) in [6.45, 7) is 4.25. The van der Waals surface area contributed by atoms with E-state index in [1.165, 1.54) is 16.9 Å². The highest BCUT2D eigenvalue weighted by Crippen LogP contribution is 2.17. The number of hydrogen-bond donors (Lipinski definition) is 2. The Kier molecular flexibility index (Phi) is 5.27. The van der Waals surface area contributed by atoms with Gasteiger partial charge in [-0.2, -0.15) is 5.10 Å². The molecule has 1 atom stereocenters. The number of carbonyl (C=O) groups excluding carboxylic acids is 1. The number of para-hydroxylation sites is 1. The number of aliphatic hydroxyl groups excluding tert-OH is 1. The lowest BCUT2D eigenvalue weighted by atomic mass is 10.1. The first-order valence-corrected chi connectivity index (χ1v) is 7.23. The molecule has 0 saturated carbocycles. The number of hydrogen-bond acceptors (Lipinski definition) is 3. The zero-order valence-electron chi connectivity index (χ0n) is 12.7. The fourth-order valence-corrected chi connectivity index (χ4v) is 2.18. The summed E-state index contributed by atoms with van der Waals surface area (Å²) in [4.78, 5) is 12.2. The third kappa shape index (κ3) is 3.51. The molecule has 1 heterocycles. The number of nitrogens with one attached hydrogen (secondary N) is 1. The van der Waals surface area contributed by atoms with Crippen molar-refractivity contribution in [1.29, 1.82) is 0 Å². The Bertz CT molecular complexity index is 655. The number of aromatic nitrogens is 2. The number of carbonyl (C=O) groups is 1. The molecule has 0 bridgehead atoms. The third-order valence-electron chi connectivity index (χ3n) is 3.57. The number of amides is 1. The van der Waals surface area contributed by atoms with Gasteiger partial charge in [0.2, 0.25) is 0 Å². The van der Waals surface area contributed by atoms with Crippen LogP contribution in [0.3, 0.4) is 0 Å². The monoisotopic (exact) mass is 305 g/mol. The molecule has 0 fully saturated rings. The predicted molar refractivity (Wildman–Crippen MR) is 81.5 cm³/mol. The second-order valence-electron chi connectivity index (χ2n) is 5.33. The summed E-state index contributed by atoms with van der Waals surface area (Å²) in [5.74, 6) is -0.446. The van der Waals surface area contributed by atoms with E-state index >= 15 is 0 Å². The molecule has 22 heavy (non-hydrogen) atoms. The van der Waals surface area contributed by atoms with Gasteiger partial charge in [0.05, 0.1) is 17.5 Å². The van der Waals surface area contributed by atoms with E-state index in [0.29, 0.717) is 29.9 Å². The van der Waals surface area contributed by atoms with Gasteiger partial charge in [-0.1, -0.05) is 19.1 Å². The van der Waals surface area contributed by atoms with Gasteiger partial charge in [-0.25, -0.2) is 9.07 Å². The summed E-state index contributed by atoms with van der Waals surface area (Å²) >= 11 is 0.